The summed E-state index contributed by atoms with van der Waals surface area (Å²) in [5.74, 6) is 0. The highest BCUT2D eigenvalue weighted by Gasteiger charge is 2.10. The second-order valence-corrected chi connectivity index (χ2v) is 5.46. The summed E-state index contributed by atoms with van der Waals surface area (Å²) in [6, 6.07) is 0. The molecule has 0 aliphatic carbocycles. The Hall–Kier alpha value is 0.210. The molecule has 1 unspecified atom stereocenters. The van der Waals surface area contributed by atoms with Crippen LogP contribution in [0, 0.1) is 0 Å². The van der Waals surface area contributed by atoms with Crippen molar-refractivity contribution >= 4 is 45.3 Å². The highest BCUT2D eigenvalue weighted by atomic mass is 35.5. The Kier molecular flexibility index (Phi) is 11.4. The van der Waals surface area contributed by atoms with E-state index in [2.05, 4.69) is 0 Å². The van der Waals surface area contributed by atoms with Gasteiger partial charge in [-0.15, -0.1) is 11.6 Å². The first-order chi connectivity index (χ1) is 8.04. The van der Waals surface area contributed by atoms with Gasteiger partial charge in [-0.05, 0) is 36.0 Å². The molecule has 1 atom stereocenters. The SMILES string of the molecule is O=C(Cl)CCCCCCCCCC(Cl)C(=O)Cl. The smallest absolute Gasteiger partial charge is 0.239 e. The maximum atomic E-state index is 10.6. The summed E-state index contributed by atoms with van der Waals surface area (Å²) in [5, 5.41) is -1.24. The number of unbranched alkanes of at least 4 members (excludes halogenated alkanes) is 6. The molecule has 0 rings (SSSR count). The third-order valence-electron chi connectivity index (χ3n) is 2.58. The van der Waals surface area contributed by atoms with Crippen molar-refractivity contribution < 1.29 is 9.59 Å². The fourth-order valence-corrected chi connectivity index (χ4v) is 1.98. The van der Waals surface area contributed by atoms with Gasteiger partial charge in [0.25, 0.3) is 0 Å². The third kappa shape index (κ3) is 12.5. The Bertz CT molecular complexity index is 232. The van der Waals surface area contributed by atoms with Crippen LogP contribution in [0.5, 0.6) is 0 Å². The topological polar surface area (TPSA) is 34.1 Å². The van der Waals surface area contributed by atoms with Crippen LogP contribution in [0.4, 0.5) is 0 Å². The summed E-state index contributed by atoms with van der Waals surface area (Å²) in [4.78, 5) is 21.1. The summed E-state index contributed by atoms with van der Waals surface area (Å²) in [5.41, 5.74) is 0. The highest BCUT2D eigenvalue weighted by Crippen LogP contribution is 2.14. The lowest BCUT2D eigenvalue weighted by Crippen LogP contribution is -2.06. The van der Waals surface area contributed by atoms with Gasteiger partial charge in [-0.1, -0.05) is 38.5 Å². The first-order valence-electron chi connectivity index (χ1n) is 6.05. The summed E-state index contributed by atoms with van der Waals surface area (Å²) in [6.07, 6.45) is 8.49. The number of halogens is 3. The van der Waals surface area contributed by atoms with Crippen molar-refractivity contribution in [3.63, 3.8) is 0 Å². The van der Waals surface area contributed by atoms with E-state index in [0.717, 1.165) is 44.9 Å². The van der Waals surface area contributed by atoms with Gasteiger partial charge < -0.3 is 0 Å². The van der Waals surface area contributed by atoms with Crippen LogP contribution >= 0.6 is 34.8 Å². The zero-order chi connectivity index (χ0) is 13.1. The minimum absolute atomic E-state index is 0.246. The largest absolute Gasteiger partial charge is 0.281 e. The molecule has 0 N–H and O–H groups in total. The summed E-state index contributed by atoms with van der Waals surface area (Å²) in [7, 11) is 0. The number of carbonyl (C=O) groups excluding carboxylic acids is 2. The third-order valence-corrected chi connectivity index (χ3v) is 3.56. The Balaban J connectivity index is 3.14. The van der Waals surface area contributed by atoms with Crippen molar-refractivity contribution in [1.82, 2.24) is 0 Å². The molecule has 0 aliphatic heterocycles. The molecule has 0 saturated carbocycles. The fraction of sp³-hybridized carbons (Fsp3) is 0.833. The van der Waals surface area contributed by atoms with Gasteiger partial charge >= 0.3 is 0 Å². The van der Waals surface area contributed by atoms with E-state index in [4.69, 9.17) is 34.8 Å². The van der Waals surface area contributed by atoms with Crippen molar-refractivity contribution in [3.8, 4) is 0 Å². The molecule has 0 heterocycles. The lowest BCUT2D eigenvalue weighted by molar-refractivity contribution is -0.112. The van der Waals surface area contributed by atoms with Crippen LogP contribution < -0.4 is 0 Å². The van der Waals surface area contributed by atoms with Gasteiger partial charge in [0, 0.05) is 6.42 Å². The second kappa shape index (κ2) is 11.3. The summed E-state index contributed by atoms with van der Waals surface area (Å²) in [6.45, 7) is 0. The van der Waals surface area contributed by atoms with Gasteiger partial charge in [-0.25, -0.2) is 0 Å². The van der Waals surface area contributed by atoms with Gasteiger partial charge in [0.1, 0.15) is 5.38 Å². The molecule has 5 heteroatoms. The molecular weight excluding hydrogens is 282 g/mol. The maximum absolute atomic E-state index is 10.6. The Morgan fingerprint density at radius 2 is 1.29 bits per heavy atom. The first-order valence-corrected chi connectivity index (χ1v) is 7.25. The van der Waals surface area contributed by atoms with E-state index in [1.807, 2.05) is 0 Å². The lowest BCUT2D eigenvalue weighted by atomic mass is 10.1. The second-order valence-electron chi connectivity index (χ2n) is 4.14. The molecule has 0 fully saturated rings. The fourth-order valence-electron chi connectivity index (χ4n) is 1.58. The van der Waals surface area contributed by atoms with Crippen LogP contribution in [-0.4, -0.2) is 15.9 Å². The Labute approximate surface area is 118 Å². The summed E-state index contributed by atoms with van der Waals surface area (Å²) >= 11 is 16.2. The van der Waals surface area contributed by atoms with Crippen molar-refractivity contribution in [1.29, 1.82) is 0 Å². The molecule has 2 nitrogen and oxygen atoms in total. The maximum Gasteiger partial charge on any atom is 0.239 e. The number of alkyl halides is 1. The van der Waals surface area contributed by atoms with Crippen LogP contribution in [0.3, 0.4) is 0 Å². The standard InChI is InChI=1S/C12H19Cl3O2/c13-10(12(15)17)8-6-4-2-1-3-5-7-9-11(14)16/h10H,1-9H2. The number of hydrogen-bond acceptors (Lipinski definition) is 2. The highest BCUT2D eigenvalue weighted by molar-refractivity contribution is 6.69. The molecule has 0 saturated heterocycles. The average Bonchev–Trinajstić information content (AvgIpc) is 2.25. The average molecular weight is 302 g/mol. The van der Waals surface area contributed by atoms with Crippen molar-refractivity contribution in [3.05, 3.63) is 0 Å². The quantitative estimate of drug-likeness (QED) is 0.316. The number of hydrogen-bond donors (Lipinski definition) is 0. The zero-order valence-electron chi connectivity index (χ0n) is 9.89. The van der Waals surface area contributed by atoms with Crippen molar-refractivity contribution in [2.24, 2.45) is 0 Å². The van der Waals surface area contributed by atoms with Crippen molar-refractivity contribution in [2.45, 2.75) is 63.2 Å². The van der Waals surface area contributed by atoms with Crippen molar-refractivity contribution in [2.75, 3.05) is 0 Å². The van der Waals surface area contributed by atoms with E-state index in [9.17, 15) is 9.59 Å². The van der Waals surface area contributed by atoms with Crippen LogP contribution in [0.1, 0.15) is 57.8 Å². The minimum Gasteiger partial charge on any atom is -0.281 e. The van der Waals surface area contributed by atoms with E-state index in [-0.39, 0.29) is 5.24 Å². The van der Waals surface area contributed by atoms with Crippen LogP contribution in [0.15, 0.2) is 0 Å². The van der Waals surface area contributed by atoms with E-state index in [1.54, 1.807) is 0 Å². The Morgan fingerprint density at radius 1 is 0.824 bits per heavy atom. The number of carbonyl (C=O) groups is 2. The van der Waals surface area contributed by atoms with Crippen LogP contribution in [0.25, 0.3) is 0 Å². The van der Waals surface area contributed by atoms with E-state index < -0.39 is 10.6 Å². The minimum atomic E-state index is -0.536. The van der Waals surface area contributed by atoms with Gasteiger partial charge in [-0.3, -0.25) is 9.59 Å². The van der Waals surface area contributed by atoms with Crippen LogP contribution in [0.2, 0.25) is 0 Å². The molecule has 17 heavy (non-hydrogen) atoms. The molecule has 0 aromatic carbocycles. The lowest BCUT2D eigenvalue weighted by Gasteiger charge is -2.04. The van der Waals surface area contributed by atoms with E-state index in [0.29, 0.717) is 12.8 Å². The molecule has 0 bridgehead atoms. The normalized spacial score (nSPS) is 12.4. The monoisotopic (exact) mass is 300 g/mol. The van der Waals surface area contributed by atoms with E-state index in [1.165, 1.54) is 0 Å². The molecule has 0 amide bonds. The molecule has 0 spiro atoms. The van der Waals surface area contributed by atoms with Gasteiger partial charge in [-0.2, -0.15) is 0 Å². The number of rotatable bonds is 11. The zero-order valence-corrected chi connectivity index (χ0v) is 12.2. The van der Waals surface area contributed by atoms with Gasteiger partial charge in [0.15, 0.2) is 0 Å². The molecule has 0 aromatic heterocycles. The molecule has 0 radical (unpaired) electrons. The van der Waals surface area contributed by atoms with Gasteiger partial charge in [0.05, 0.1) is 0 Å². The predicted molar refractivity (Wildman–Crippen MR) is 72.9 cm³/mol. The first kappa shape index (κ1) is 17.2. The molecule has 100 valence electrons. The van der Waals surface area contributed by atoms with Gasteiger partial charge in [0.2, 0.25) is 10.5 Å². The predicted octanol–water partition coefficient (Wildman–Crippen LogP) is 4.64. The molecule has 0 aromatic rings. The molecule has 0 aliphatic rings. The van der Waals surface area contributed by atoms with E-state index >= 15 is 0 Å². The molecular formula is C12H19Cl3O2. The summed E-state index contributed by atoms with van der Waals surface area (Å²) < 4.78 is 0. The Morgan fingerprint density at radius 3 is 1.76 bits per heavy atom. The van der Waals surface area contributed by atoms with Crippen LogP contribution in [-0.2, 0) is 9.59 Å².